The van der Waals surface area contributed by atoms with Crippen LogP contribution in [0.5, 0.6) is 0 Å². The molecule has 0 aromatic heterocycles. The Kier molecular flexibility index (Phi) is 3.79. The molecule has 0 rings (SSSR count). The quantitative estimate of drug-likeness (QED) is 0.591. The van der Waals surface area contributed by atoms with Gasteiger partial charge in [0.1, 0.15) is 6.61 Å². The zero-order valence-electron chi connectivity index (χ0n) is 6.33. The molecule has 0 bridgehead atoms. The number of nitrogens with two attached hydrogens (primary N) is 2. The predicted octanol–water partition coefficient (Wildman–Crippen LogP) is 0.0650. The zero-order chi connectivity index (χ0) is 8.15. The summed E-state index contributed by atoms with van der Waals surface area (Å²) in [7, 11) is 0. The van der Waals surface area contributed by atoms with Crippen LogP contribution in [0.25, 0.3) is 0 Å². The Balaban J connectivity index is 3.39. The van der Waals surface area contributed by atoms with E-state index in [0.29, 0.717) is 5.92 Å². The van der Waals surface area contributed by atoms with E-state index in [1.54, 1.807) is 0 Å². The minimum absolute atomic E-state index is 0.118. The van der Waals surface area contributed by atoms with Gasteiger partial charge >= 0.3 is 6.09 Å². The molecule has 0 fully saturated rings. The number of amides is 1. The Morgan fingerprint density at radius 3 is 2.40 bits per heavy atom. The Hall–Kier alpha value is -0.770. The topological polar surface area (TPSA) is 78.3 Å². The van der Waals surface area contributed by atoms with Crippen LogP contribution in [0.4, 0.5) is 4.79 Å². The highest BCUT2D eigenvalue weighted by Crippen LogP contribution is 1.97. The number of hydrogen-bond donors (Lipinski definition) is 2. The number of ether oxygens (including phenoxy) is 1. The first-order valence-electron chi connectivity index (χ1n) is 3.22. The van der Waals surface area contributed by atoms with Crippen molar-refractivity contribution in [2.45, 2.75) is 19.9 Å². The minimum atomic E-state index is -0.767. The van der Waals surface area contributed by atoms with Crippen LogP contribution < -0.4 is 11.5 Å². The highest BCUT2D eigenvalue weighted by Gasteiger charge is 2.08. The number of carbonyl (C=O) groups excluding carboxylic acids is 1. The normalized spacial score (nSPS) is 13.2. The van der Waals surface area contributed by atoms with E-state index in [-0.39, 0.29) is 12.6 Å². The lowest BCUT2D eigenvalue weighted by atomic mass is 10.1. The maximum absolute atomic E-state index is 10.1. The van der Waals surface area contributed by atoms with Gasteiger partial charge in [-0.25, -0.2) is 4.79 Å². The van der Waals surface area contributed by atoms with Crippen LogP contribution in [0.15, 0.2) is 0 Å². The molecule has 1 amide bonds. The monoisotopic (exact) mass is 146 g/mol. The van der Waals surface area contributed by atoms with E-state index in [1.165, 1.54) is 0 Å². The second-order valence-corrected chi connectivity index (χ2v) is 2.54. The van der Waals surface area contributed by atoms with Crippen molar-refractivity contribution < 1.29 is 9.53 Å². The molecule has 4 nitrogen and oxygen atoms in total. The van der Waals surface area contributed by atoms with Crippen molar-refractivity contribution in [1.29, 1.82) is 0 Å². The molecule has 0 radical (unpaired) electrons. The lowest BCUT2D eigenvalue weighted by Crippen LogP contribution is -2.33. The van der Waals surface area contributed by atoms with E-state index in [1.807, 2.05) is 13.8 Å². The van der Waals surface area contributed by atoms with Gasteiger partial charge in [0.2, 0.25) is 0 Å². The van der Waals surface area contributed by atoms with Crippen molar-refractivity contribution in [2.24, 2.45) is 17.4 Å². The van der Waals surface area contributed by atoms with Crippen LogP contribution in [0.3, 0.4) is 0 Å². The fourth-order valence-electron chi connectivity index (χ4n) is 0.371. The first-order valence-corrected chi connectivity index (χ1v) is 3.22. The maximum Gasteiger partial charge on any atom is 0.404 e. The van der Waals surface area contributed by atoms with Crippen LogP contribution in [-0.2, 0) is 4.74 Å². The van der Waals surface area contributed by atoms with E-state index in [0.717, 1.165) is 0 Å². The highest BCUT2D eigenvalue weighted by atomic mass is 16.5. The average molecular weight is 146 g/mol. The zero-order valence-corrected chi connectivity index (χ0v) is 6.33. The summed E-state index contributed by atoms with van der Waals surface area (Å²) in [6.07, 6.45) is -0.767. The van der Waals surface area contributed by atoms with Gasteiger partial charge in [0.25, 0.3) is 0 Å². The summed E-state index contributed by atoms with van der Waals surface area (Å²) < 4.78 is 4.48. The Labute approximate surface area is 60.5 Å². The molecular weight excluding hydrogens is 132 g/mol. The maximum atomic E-state index is 10.1. The molecule has 0 aliphatic carbocycles. The van der Waals surface area contributed by atoms with Crippen molar-refractivity contribution in [3.05, 3.63) is 0 Å². The van der Waals surface area contributed by atoms with Crippen LogP contribution in [-0.4, -0.2) is 18.7 Å². The summed E-state index contributed by atoms with van der Waals surface area (Å²) in [6, 6.07) is -0.118. The molecule has 10 heavy (non-hydrogen) atoms. The molecule has 0 aliphatic rings. The highest BCUT2D eigenvalue weighted by molar-refractivity contribution is 5.64. The van der Waals surface area contributed by atoms with Gasteiger partial charge in [-0.2, -0.15) is 0 Å². The van der Waals surface area contributed by atoms with Gasteiger partial charge in [-0.05, 0) is 5.92 Å². The van der Waals surface area contributed by atoms with Gasteiger partial charge in [0.05, 0.1) is 0 Å². The summed E-state index contributed by atoms with van der Waals surface area (Å²) >= 11 is 0. The lowest BCUT2D eigenvalue weighted by molar-refractivity contribution is 0.142. The van der Waals surface area contributed by atoms with Crippen molar-refractivity contribution in [3.8, 4) is 0 Å². The van der Waals surface area contributed by atoms with E-state index < -0.39 is 6.09 Å². The van der Waals surface area contributed by atoms with E-state index in [9.17, 15) is 4.79 Å². The van der Waals surface area contributed by atoms with Crippen LogP contribution >= 0.6 is 0 Å². The van der Waals surface area contributed by atoms with Crippen molar-refractivity contribution in [3.63, 3.8) is 0 Å². The van der Waals surface area contributed by atoms with Crippen molar-refractivity contribution in [2.75, 3.05) is 6.61 Å². The standard InChI is InChI=1S/C6H14N2O2/c1-4(2)5(7)3-10-6(8)9/h4-5H,3,7H2,1-2H3,(H2,8,9)/t5-/m0/s1. The molecule has 0 unspecified atom stereocenters. The Morgan fingerprint density at radius 2 is 2.10 bits per heavy atom. The molecule has 0 saturated heterocycles. The fourth-order valence-corrected chi connectivity index (χ4v) is 0.371. The molecular formula is C6H14N2O2. The molecule has 0 aromatic rings. The number of carbonyl (C=O) groups is 1. The molecule has 0 heterocycles. The summed E-state index contributed by atoms with van der Waals surface area (Å²) in [6.45, 7) is 4.11. The van der Waals surface area contributed by atoms with Gasteiger partial charge < -0.3 is 16.2 Å². The SMILES string of the molecule is CC(C)[C@@H](N)COC(N)=O. The van der Waals surface area contributed by atoms with Gasteiger partial charge in [-0.1, -0.05) is 13.8 Å². The number of primary amides is 1. The van der Waals surface area contributed by atoms with E-state index >= 15 is 0 Å². The Morgan fingerprint density at radius 1 is 1.60 bits per heavy atom. The molecule has 0 aliphatic heterocycles. The van der Waals surface area contributed by atoms with Crippen LogP contribution in [0, 0.1) is 5.92 Å². The van der Waals surface area contributed by atoms with E-state index in [4.69, 9.17) is 11.5 Å². The second-order valence-electron chi connectivity index (χ2n) is 2.54. The average Bonchev–Trinajstić information content (AvgIpc) is 1.82. The number of rotatable bonds is 3. The van der Waals surface area contributed by atoms with Crippen LogP contribution in [0.2, 0.25) is 0 Å². The largest absolute Gasteiger partial charge is 0.448 e. The third-order valence-corrected chi connectivity index (χ3v) is 1.27. The first-order chi connectivity index (χ1) is 4.54. The second kappa shape index (κ2) is 4.11. The lowest BCUT2D eigenvalue weighted by Gasteiger charge is -2.13. The van der Waals surface area contributed by atoms with Crippen molar-refractivity contribution in [1.82, 2.24) is 0 Å². The molecule has 1 atom stereocenters. The molecule has 4 N–H and O–H groups in total. The van der Waals surface area contributed by atoms with Crippen LogP contribution in [0.1, 0.15) is 13.8 Å². The molecule has 4 heteroatoms. The Bertz CT molecular complexity index is 114. The summed E-state index contributed by atoms with van der Waals surface area (Å²) in [5.41, 5.74) is 10.3. The van der Waals surface area contributed by atoms with Gasteiger partial charge in [0, 0.05) is 6.04 Å². The fraction of sp³-hybridized carbons (Fsp3) is 0.833. The smallest absolute Gasteiger partial charge is 0.404 e. The minimum Gasteiger partial charge on any atom is -0.448 e. The summed E-state index contributed by atoms with van der Waals surface area (Å²) in [4.78, 5) is 10.1. The van der Waals surface area contributed by atoms with Gasteiger partial charge in [-0.3, -0.25) is 0 Å². The third kappa shape index (κ3) is 4.14. The summed E-state index contributed by atoms with van der Waals surface area (Å²) in [5.74, 6) is 0.305. The molecule has 60 valence electrons. The summed E-state index contributed by atoms with van der Waals surface area (Å²) in [5, 5.41) is 0. The molecule has 0 saturated carbocycles. The number of hydrogen-bond acceptors (Lipinski definition) is 3. The first kappa shape index (κ1) is 9.23. The van der Waals surface area contributed by atoms with Gasteiger partial charge in [-0.15, -0.1) is 0 Å². The third-order valence-electron chi connectivity index (χ3n) is 1.27. The predicted molar refractivity (Wildman–Crippen MR) is 38.3 cm³/mol. The van der Waals surface area contributed by atoms with Crippen molar-refractivity contribution >= 4 is 6.09 Å². The molecule has 0 spiro atoms. The van der Waals surface area contributed by atoms with E-state index in [2.05, 4.69) is 4.74 Å². The molecule has 0 aromatic carbocycles. The van der Waals surface area contributed by atoms with Gasteiger partial charge in [0.15, 0.2) is 0 Å².